The van der Waals surface area contributed by atoms with Crippen LogP contribution in [-0.4, -0.2) is 77.7 Å². The summed E-state index contributed by atoms with van der Waals surface area (Å²) in [5, 5.41) is 3.15. The second-order valence-electron chi connectivity index (χ2n) is 6.51. The normalized spacial score (nSPS) is 18.0. The van der Waals surface area contributed by atoms with E-state index in [1.807, 2.05) is 25.1 Å². The van der Waals surface area contributed by atoms with Crippen molar-refractivity contribution < 1.29 is 18.9 Å². The van der Waals surface area contributed by atoms with Crippen molar-refractivity contribution >= 4 is 5.96 Å². The molecule has 1 aliphatic heterocycles. The van der Waals surface area contributed by atoms with Gasteiger partial charge < -0.3 is 30.0 Å². The predicted octanol–water partition coefficient (Wildman–Crippen LogP) is 1.02. The number of nitrogens with zero attached hydrogens (tertiary/aromatic N) is 2. The predicted molar refractivity (Wildman–Crippen MR) is 106 cm³/mol. The maximum atomic E-state index is 6.06. The molecule has 2 unspecified atom stereocenters. The molecule has 0 amide bonds. The summed E-state index contributed by atoms with van der Waals surface area (Å²) >= 11 is 0. The molecule has 2 rings (SSSR count). The summed E-state index contributed by atoms with van der Waals surface area (Å²) in [5.74, 6) is 1.83. The van der Waals surface area contributed by atoms with Crippen molar-refractivity contribution in [3.8, 4) is 11.5 Å². The topological polar surface area (TPSA) is 90.6 Å². The Morgan fingerprint density at radius 2 is 1.93 bits per heavy atom. The molecular formula is C19H32N4O4. The lowest BCUT2D eigenvalue weighted by atomic mass is 10.0. The van der Waals surface area contributed by atoms with Crippen molar-refractivity contribution in [2.75, 3.05) is 60.8 Å². The third-order valence-electron chi connectivity index (χ3n) is 4.52. The van der Waals surface area contributed by atoms with Gasteiger partial charge in [0.1, 0.15) is 0 Å². The first-order valence-electron chi connectivity index (χ1n) is 9.18. The summed E-state index contributed by atoms with van der Waals surface area (Å²) in [6.07, 6.45) is 0. The molecule has 0 aliphatic carbocycles. The van der Waals surface area contributed by atoms with Gasteiger partial charge in [-0.3, -0.25) is 9.89 Å². The highest BCUT2D eigenvalue weighted by Gasteiger charge is 2.23. The van der Waals surface area contributed by atoms with Crippen LogP contribution in [0.15, 0.2) is 23.2 Å². The summed E-state index contributed by atoms with van der Waals surface area (Å²) in [5.41, 5.74) is 7.17. The minimum Gasteiger partial charge on any atom is -0.493 e. The number of nitrogens with one attached hydrogen (secondary N) is 1. The Kier molecular flexibility index (Phi) is 8.63. The number of hydrogen-bond donors (Lipinski definition) is 2. The molecule has 8 nitrogen and oxygen atoms in total. The van der Waals surface area contributed by atoms with Crippen LogP contribution in [0.1, 0.15) is 18.5 Å². The average molecular weight is 380 g/mol. The molecule has 0 saturated carbocycles. The highest BCUT2D eigenvalue weighted by atomic mass is 16.5. The van der Waals surface area contributed by atoms with Crippen LogP contribution < -0.4 is 20.5 Å². The Morgan fingerprint density at radius 1 is 1.22 bits per heavy atom. The highest BCUT2D eigenvalue weighted by Crippen LogP contribution is 2.32. The van der Waals surface area contributed by atoms with Gasteiger partial charge >= 0.3 is 0 Å². The highest BCUT2D eigenvalue weighted by molar-refractivity contribution is 5.78. The maximum Gasteiger partial charge on any atom is 0.188 e. The van der Waals surface area contributed by atoms with Crippen molar-refractivity contribution in [2.24, 2.45) is 10.7 Å². The first-order chi connectivity index (χ1) is 13.1. The van der Waals surface area contributed by atoms with E-state index in [4.69, 9.17) is 24.7 Å². The van der Waals surface area contributed by atoms with Gasteiger partial charge in [0.05, 0.1) is 46.6 Å². The molecule has 2 atom stereocenters. The van der Waals surface area contributed by atoms with Crippen molar-refractivity contribution in [1.82, 2.24) is 10.2 Å². The first-order valence-corrected chi connectivity index (χ1v) is 9.18. The summed E-state index contributed by atoms with van der Waals surface area (Å²) in [6, 6.07) is 6.15. The van der Waals surface area contributed by atoms with Gasteiger partial charge in [0, 0.05) is 26.2 Å². The number of morpholine rings is 1. The smallest absolute Gasteiger partial charge is 0.188 e. The van der Waals surface area contributed by atoms with E-state index < -0.39 is 0 Å². The molecule has 27 heavy (non-hydrogen) atoms. The van der Waals surface area contributed by atoms with Crippen molar-refractivity contribution in [1.29, 1.82) is 0 Å². The zero-order valence-electron chi connectivity index (χ0n) is 16.7. The Balaban J connectivity index is 2.18. The lowest BCUT2D eigenvalue weighted by molar-refractivity contribution is 0.0179. The zero-order valence-corrected chi connectivity index (χ0v) is 16.7. The van der Waals surface area contributed by atoms with Gasteiger partial charge in [-0.05, 0) is 24.6 Å². The van der Waals surface area contributed by atoms with Crippen LogP contribution >= 0.6 is 0 Å². The van der Waals surface area contributed by atoms with E-state index in [2.05, 4.69) is 15.2 Å². The number of ether oxygens (including phenoxy) is 4. The third-order valence-corrected chi connectivity index (χ3v) is 4.52. The van der Waals surface area contributed by atoms with E-state index in [0.29, 0.717) is 43.8 Å². The Morgan fingerprint density at radius 3 is 2.56 bits per heavy atom. The molecule has 0 spiro atoms. The Hall–Kier alpha value is -2.03. The molecule has 1 saturated heterocycles. The van der Waals surface area contributed by atoms with Gasteiger partial charge in [0.2, 0.25) is 0 Å². The standard InChI is InChI=1S/C19H32N4O4/c1-14(13-24-2)22-19(20)21-12-16(23-7-9-27-10-8-23)15-5-6-17(25-3)18(11-15)26-4/h5-6,11,14,16H,7-10,12-13H2,1-4H3,(H3,20,21,22). The quantitative estimate of drug-likeness (QED) is 0.488. The number of hydrogen-bond acceptors (Lipinski definition) is 6. The van der Waals surface area contributed by atoms with Gasteiger partial charge in [-0.25, -0.2) is 0 Å². The number of benzene rings is 1. The number of nitrogens with two attached hydrogens (primary N) is 1. The fourth-order valence-corrected chi connectivity index (χ4v) is 3.16. The average Bonchev–Trinajstić information content (AvgIpc) is 2.68. The number of guanidine groups is 1. The zero-order chi connectivity index (χ0) is 19.6. The first kappa shape index (κ1) is 21.3. The number of rotatable bonds is 9. The van der Waals surface area contributed by atoms with Crippen LogP contribution in [-0.2, 0) is 9.47 Å². The van der Waals surface area contributed by atoms with Gasteiger partial charge in [-0.1, -0.05) is 6.07 Å². The molecule has 3 N–H and O–H groups in total. The molecule has 1 aliphatic rings. The van der Waals surface area contributed by atoms with E-state index >= 15 is 0 Å². The lowest BCUT2D eigenvalue weighted by Gasteiger charge is -2.34. The Bertz CT molecular complexity index is 605. The number of methoxy groups -OCH3 is 3. The van der Waals surface area contributed by atoms with Crippen LogP contribution in [0.2, 0.25) is 0 Å². The lowest BCUT2D eigenvalue weighted by Crippen LogP contribution is -2.43. The molecule has 1 aromatic carbocycles. The molecule has 0 radical (unpaired) electrons. The minimum atomic E-state index is 0.0757. The van der Waals surface area contributed by atoms with Crippen LogP contribution in [0, 0.1) is 0 Å². The van der Waals surface area contributed by atoms with Crippen LogP contribution in [0.3, 0.4) is 0 Å². The van der Waals surface area contributed by atoms with Crippen LogP contribution in [0.25, 0.3) is 0 Å². The molecule has 0 bridgehead atoms. The van der Waals surface area contributed by atoms with Gasteiger partial charge in [0.25, 0.3) is 0 Å². The molecule has 0 aromatic heterocycles. The van der Waals surface area contributed by atoms with Gasteiger partial charge in [-0.15, -0.1) is 0 Å². The Labute approximate surface area is 161 Å². The molecule has 1 heterocycles. The summed E-state index contributed by atoms with van der Waals surface area (Å²) in [7, 11) is 4.94. The summed E-state index contributed by atoms with van der Waals surface area (Å²) in [4.78, 5) is 6.93. The van der Waals surface area contributed by atoms with E-state index in [0.717, 1.165) is 18.7 Å². The molecule has 8 heteroatoms. The third kappa shape index (κ3) is 6.27. The van der Waals surface area contributed by atoms with Crippen LogP contribution in [0.5, 0.6) is 11.5 Å². The fraction of sp³-hybridized carbons (Fsp3) is 0.632. The van der Waals surface area contributed by atoms with Crippen molar-refractivity contribution in [3.63, 3.8) is 0 Å². The summed E-state index contributed by atoms with van der Waals surface area (Å²) < 4.78 is 21.4. The second kappa shape index (κ2) is 11.0. The summed E-state index contributed by atoms with van der Waals surface area (Å²) in [6.45, 7) is 6.23. The molecule has 152 valence electrons. The molecule has 1 aromatic rings. The number of aliphatic imine (C=N–C) groups is 1. The largest absolute Gasteiger partial charge is 0.493 e. The van der Waals surface area contributed by atoms with E-state index in [9.17, 15) is 0 Å². The second-order valence-corrected chi connectivity index (χ2v) is 6.51. The van der Waals surface area contributed by atoms with Crippen molar-refractivity contribution in [3.05, 3.63) is 23.8 Å². The van der Waals surface area contributed by atoms with Gasteiger partial charge in [-0.2, -0.15) is 0 Å². The van der Waals surface area contributed by atoms with E-state index in [-0.39, 0.29) is 12.1 Å². The SMILES string of the molecule is COCC(C)NC(N)=NCC(c1ccc(OC)c(OC)c1)N1CCOCC1. The van der Waals surface area contributed by atoms with E-state index in [1.54, 1.807) is 21.3 Å². The maximum absolute atomic E-state index is 6.06. The monoisotopic (exact) mass is 380 g/mol. The minimum absolute atomic E-state index is 0.0757. The fourth-order valence-electron chi connectivity index (χ4n) is 3.16. The van der Waals surface area contributed by atoms with Crippen LogP contribution in [0.4, 0.5) is 0 Å². The van der Waals surface area contributed by atoms with E-state index in [1.165, 1.54) is 0 Å². The van der Waals surface area contributed by atoms with Crippen molar-refractivity contribution in [2.45, 2.75) is 19.0 Å². The molecule has 1 fully saturated rings. The van der Waals surface area contributed by atoms with Gasteiger partial charge in [0.15, 0.2) is 17.5 Å². The molecular weight excluding hydrogens is 348 g/mol.